The Hall–Kier alpha value is -4.74. The summed E-state index contributed by atoms with van der Waals surface area (Å²) in [4.78, 5) is 0. The molecule has 4 rings (SSSR count). The van der Waals surface area contributed by atoms with Crippen LogP contribution in [-0.4, -0.2) is 6.15 Å². The van der Waals surface area contributed by atoms with Gasteiger partial charge in [0.15, 0.2) is 0 Å². The van der Waals surface area contributed by atoms with Gasteiger partial charge in [-0.25, -0.2) is 0 Å². The molecule has 0 radical (unpaired) electrons. The predicted molar refractivity (Wildman–Crippen MR) is 150 cm³/mol. The molecule has 312 valence electrons. The second-order valence-corrected chi connectivity index (χ2v) is 12.2. The number of rotatable bonds is 4. The molecule has 0 bridgehead atoms. The summed E-state index contributed by atoms with van der Waals surface area (Å²) in [6.07, 6.45) is -54.8. The average Bonchev–Trinajstić information content (AvgIpc) is 3.01. The van der Waals surface area contributed by atoms with Gasteiger partial charge in [0.05, 0.1) is 44.5 Å². The highest BCUT2D eigenvalue weighted by Gasteiger charge is 2.47. The highest BCUT2D eigenvalue weighted by Crippen LogP contribution is 2.41. The van der Waals surface area contributed by atoms with E-state index in [2.05, 4.69) is 0 Å². The van der Waals surface area contributed by atoms with Crippen LogP contribution in [0.4, 0.5) is 105 Å². The zero-order chi connectivity index (χ0) is 43.9. The molecule has 0 nitrogen and oxygen atoms in total. The van der Waals surface area contributed by atoms with Crippen molar-refractivity contribution in [2.45, 2.75) is 49.4 Å². The van der Waals surface area contributed by atoms with Gasteiger partial charge in [-0.1, -0.05) is 48.5 Å². The second-order valence-electron chi connectivity index (χ2n) is 12.2. The van der Waals surface area contributed by atoms with Gasteiger partial charge >= 0.3 is 49.4 Å². The highest BCUT2D eigenvalue weighted by atomic mass is 19.4. The summed E-state index contributed by atoms with van der Waals surface area (Å²) in [5.74, 6) is 0. The fourth-order valence-electron chi connectivity index (χ4n) is 6.07. The molecule has 0 spiro atoms. The topological polar surface area (TPSA) is 0 Å². The van der Waals surface area contributed by atoms with E-state index in [0.29, 0.717) is 0 Å². The van der Waals surface area contributed by atoms with Crippen LogP contribution < -0.4 is 21.9 Å². The Bertz CT molecular complexity index is 1700. The molecule has 0 heterocycles. The van der Waals surface area contributed by atoms with E-state index in [1.165, 1.54) is 0 Å². The molecule has 0 aromatic heterocycles. The number of hydrogen-bond donors (Lipinski definition) is 0. The summed E-state index contributed by atoms with van der Waals surface area (Å²) >= 11 is 0. The van der Waals surface area contributed by atoms with Gasteiger partial charge in [-0.05, 0) is 24.3 Å². The maximum absolute atomic E-state index is 14.2. The molecule has 57 heavy (non-hydrogen) atoms. The Balaban J connectivity index is 2.62. The van der Waals surface area contributed by atoms with Gasteiger partial charge in [-0.15, -0.1) is 0 Å². The van der Waals surface area contributed by atoms with Gasteiger partial charge in [0.2, 0.25) is 0 Å². The van der Waals surface area contributed by atoms with Crippen molar-refractivity contribution in [2.24, 2.45) is 0 Å². The van der Waals surface area contributed by atoms with Crippen molar-refractivity contribution < 1.29 is 105 Å². The van der Waals surface area contributed by atoms with Crippen LogP contribution >= 0.6 is 0 Å². The van der Waals surface area contributed by atoms with Gasteiger partial charge in [-0.3, -0.25) is 0 Å². The molecule has 0 saturated carbocycles. The van der Waals surface area contributed by atoms with E-state index < -0.39 is 195 Å². The number of alkyl halides is 24. The maximum Gasteiger partial charge on any atom is 0.416 e. The monoisotopic (exact) mass is 863 g/mol. The van der Waals surface area contributed by atoms with Crippen LogP contribution in [0.3, 0.4) is 0 Å². The Kier molecular flexibility index (Phi) is 10.8. The summed E-state index contributed by atoms with van der Waals surface area (Å²) in [5.41, 5.74) is -30.2. The van der Waals surface area contributed by atoms with Crippen LogP contribution in [0, 0.1) is 0 Å². The van der Waals surface area contributed by atoms with E-state index in [1.807, 2.05) is 0 Å². The van der Waals surface area contributed by atoms with Gasteiger partial charge in [0.1, 0.15) is 6.15 Å². The van der Waals surface area contributed by atoms with Crippen LogP contribution in [0.15, 0.2) is 72.8 Å². The molecule has 0 aliphatic carbocycles. The first-order valence-electron chi connectivity index (χ1n) is 14.6. The molecule has 25 heteroatoms. The number of hydrogen-bond acceptors (Lipinski definition) is 0. The number of benzene rings is 4. The third-order valence-electron chi connectivity index (χ3n) is 8.44. The molecule has 0 fully saturated rings. The quantitative estimate of drug-likeness (QED) is 0.142. The van der Waals surface area contributed by atoms with Gasteiger partial charge in [-0.2, -0.15) is 127 Å². The smallest absolute Gasteiger partial charge is 0.194 e. The summed E-state index contributed by atoms with van der Waals surface area (Å²) < 4.78 is 341. The van der Waals surface area contributed by atoms with Crippen molar-refractivity contribution in [1.82, 2.24) is 0 Å². The van der Waals surface area contributed by atoms with Crippen molar-refractivity contribution in [3.63, 3.8) is 0 Å². The third-order valence-corrected chi connectivity index (χ3v) is 8.44. The molecule has 4 aromatic rings. The van der Waals surface area contributed by atoms with Crippen molar-refractivity contribution in [3.05, 3.63) is 117 Å². The molecule has 0 amide bonds. The molecule has 0 aliphatic heterocycles. The predicted octanol–water partition coefficient (Wildman–Crippen LogP) is 11.2. The first-order valence-corrected chi connectivity index (χ1v) is 14.6. The van der Waals surface area contributed by atoms with E-state index in [0.717, 1.165) is 0 Å². The summed E-state index contributed by atoms with van der Waals surface area (Å²) in [5, 5.41) is 0. The third kappa shape index (κ3) is 9.36. The first-order chi connectivity index (χ1) is 25.3. The molecular formula is C32H12BF24-. The van der Waals surface area contributed by atoms with Gasteiger partial charge < -0.3 is 0 Å². The minimum atomic E-state index is -6.13. The molecule has 0 aliphatic rings. The van der Waals surface area contributed by atoms with Crippen molar-refractivity contribution in [2.75, 3.05) is 0 Å². The Morgan fingerprint density at radius 2 is 0.298 bits per heavy atom. The maximum atomic E-state index is 14.2. The average molecular weight is 863 g/mol. The minimum absolute atomic E-state index is 0.691. The highest BCUT2D eigenvalue weighted by molar-refractivity contribution is 7.20. The van der Waals surface area contributed by atoms with E-state index in [1.54, 1.807) is 0 Å². The lowest BCUT2D eigenvalue weighted by molar-refractivity contribution is -0.144. The van der Waals surface area contributed by atoms with E-state index >= 15 is 0 Å². The zero-order valence-electron chi connectivity index (χ0n) is 26.6. The van der Waals surface area contributed by atoms with Gasteiger partial charge in [0.25, 0.3) is 0 Å². The number of halogens is 24. The molecule has 0 atom stereocenters. The van der Waals surface area contributed by atoms with Crippen LogP contribution in [0.1, 0.15) is 44.5 Å². The Morgan fingerprint density at radius 3 is 0.386 bits per heavy atom. The Labute approximate surface area is 300 Å². The lowest BCUT2D eigenvalue weighted by atomic mass is 9.12. The molecule has 0 unspecified atom stereocenters. The van der Waals surface area contributed by atoms with Crippen LogP contribution in [0.2, 0.25) is 0 Å². The lowest BCUT2D eigenvalue weighted by Crippen LogP contribution is -2.75. The van der Waals surface area contributed by atoms with Crippen LogP contribution in [0.5, 0.6) is 0 Å². The van der Waals surface area contributed by atoms with E-state index in [9.17, 15) is 105 Å². The van der Waals surface area contributed by atoms with Crippen molar-refractivity contribution in [1.29, 1.82) is 0 Å². The van der Waals surface area contributed by atoms with Crippen molar-refractivity contribution in [3.8, 4) is 0 Å². The Morgan fingerprint density at radius 1 is 0.193 bits per heavy atom. The lowest BCUT2D eigenvalue weighted by Gasteiger charge is -2.46. The fraction of sp³-hybridized carbons (Fsp3) is 0.250. The van der Waals surface area contributed by atoms with Crippen LogP contribution in [-0.2, 0) is 49.4 Å². The normalized spacial score (nSPS) is 14.3. The molecule has 4 aromatic carbocycles. The molecule has 0 N–H and O–H groups in total. The first kappa shape index (κ1) is 45.0. The SMILES string of the molecule is FC(F)(F)c1cc([B-](c2cc(C(F)(F)F)cc(C(F)(F)F)c2)(c2cc(C(F)(F)F)cc(C(F)(F)F)c2)c2cc(C(F)(F)F)cc(C(F)(F)F)c2)cc(C(F)(F)F)c1. The second kappa shape index (κ2) is 13.7. The van der Waals surface area contributed by atoms with Crippen LogP contribution in [0.25, 0.3) is 0 Å². The summed E-state index contributed by atoms with van der Waals surface area (Å²) in [6, 6.07) is -8.81. The summed E-state index contributed by atoms with van der Waals surface area (Å²) in [7, 11) is 0. The standard InChI is InChI=1S/C32H12BF24/c34-25(35,36)13-1-14(26(37,38)39)6-21(5-13)33(22-7-15(27(40,41)42)2-16(8-22)28(43,44)45,23-9-17(29(46,47)48)3-18(10-23)30(49,50)51)24-11-19(31(52,53)54)4-20(12-24)32(55,56)57/h1-12H/q-1. The molecular weight excluding hydrogens is 851 g/mol. The van der Waals surface area contributed by atoms with E-state index in [-0.39, 0.29) is 0 Å². The van der Waals surface area contributed by atoms with Crippen molar-refractivity contribution >= 4 is 28.0 Å². The molecule has 0 saturated heterocycles. The van der Waals surface area contributed by atoms with Gasteiger partial charge in [0, 0.05) is 0 Å². The van der Waals surface area contributed by atoms with E-state index in [4.69, 9.17) is 0 Å². The summed E-state index contributed by atoms with van der Waals surface area (Å²) in [6.45, 7) is 0. The minimum Gasteiger partial charge on any atom is -0.194 e. The fourth-order valence-corrected chi connectivity index (χ4v) is 6.07. The largest absolute Gasteiger partial charge is 0.416 e. The zero-order valence-corrected chi connectivity index (χ0v) is 26.6.